The summed E-state index contributed by atoms with van der Waals surface area (Å²) < 4.78 is 1.88. The number of Topliss-reactive ketones (excluding diaryl/α,β-unsaturated/α-hetero) is 1. The van der Waals surface area contributed by atoms with E-state index in [2.05, 4.69) is 18.9 Å². The minimum atomic E-state index is 0.235. The normalized spacial score (nSPS) is 17.7. The predicted molar refractivity (Wildman–Crippen MR) is 72.8 cm³/mol. The molecule has 0 saturated heterocycles. The van der Waals surface area contributed by atoms with Crippen LogP contribution in [0.5, 0.6) is 0 Å². The first-order valence-electron chi connectivity index (χ1n) is 7.37. The summed E-state index contributed by atoms with van der Waals surface area (Å²) in [6, 6.07) is 2.00. The Kier molecular flexibility index (Phi) is 4.56. The third-order valence-corrected chi connectivity index (χ3v) is 3.97. The Balaban J connectivity index is 2.18. The first kappa shape index (κ1) is 13.3. The molecule has 0 aliphatic heterocycles. The minimum Gasteiger partial charge on any atom is -0.292 e. The number of hydrogen-bond acceptors (Lipinski definition) is 2. The Morgan fingerprint density at radius 1 is 1.28 bits per heavy atom. The van der Waals surface area contributed by atoms with Gasteiger partial charge in [0.2, 0.25) is 0 Å². The van der Waals surface area contributed by atoms with E-state index >= 15 is 0 Å². The van der Waals surface area contributed by atoms with E-state index in [1.165, 1.54) is 25.7 Å². The second kappa shape index (κ2) is 6.17. The lowest BCUT2D eigenvalue weighted by molar-refractivity contribution is 0.0897. The van der Waals surface area contributed by atoms with Crippen molar-refractivity contribution in [2.24, 2.45) is 5.92 Å². The quantitative estimate of drug-likeness (QED) is 0.602. The summed E-state index contributed by atoms with van der Waals surface area (Å²) in [6.45, 7) is 4.92. The van der Waals surface area contributed by atoms with E-state index < -0.39 is 0 Å². The molecule has 1 aromatic rings. The van der Waals surface area contributed by atoms with Gasteiger partial charge in [-0.3, -0.25) is 9.48 Å². The zero-order valence-corrected chi connectivity index (χ0v) is 11.6. The molecule has 1 saturated carbocycles. The predicted octanol–water partition coefficient (Wildman–Crippen LogP) is 3.62. The maximum absolute atomic E-state index is 12.6. The highest BCUT2D eigenvalue weighted by atomic mass is 16.1. The fourth-order valence-electron chi connectivity index (χ4n) is 2.83. The Morgan fingerprint density at radius 3 is 2.50 bits per heavy atom. The summed E-state index contributed by atoms with van der Waals surface area (Å²) in [6.07, 6.45) is 8.02. The first-order valence-corrected chi connectivity index (χ1v) is 7.37. The van der Waals surface area contributed by atoms with Crippen molar-refractivity contribution in [2.75, 3.05) is 0 Å². The van der Waals surface area contributed by atoms with Gasteiger partial charge in [0, 0.05) is 12.5 Å². The number of hydrogen-bond donors (Lipinski definition) is 0. The Hall–Kier alpha value is -1.12. The van der Waals surface area contributed by atoms with Crippen molar-refractivity contribution in [3.63, 3.8) is 0 Å². The van der Waals surface area contributed by atoms with Crippen LogP contribution in [0.3, 0.4) is 0 Å². The third-order valence-electron chi connectivity index (χ3n) is 3.97. The Morgan fingerprint density at radius 2 is 1.94 bits per heavy atom. The second-order valence-electron chi connectivity index (χ2n) is 5.24. The second-order valence-corrected chi connectivity index (χ2v) is 5.24. The van der Waals surface area contributed by atoms with Crippen molar-refractivity contribution in [3.8, 4) is 0 Å². The van der Waals surface area contributed by atoms with Gasteiger partial charge in [0.25, 0.3) is 0 Å². The van der Waals surface area contributed by atoms with Gasteiger partial charge in [-0.05, 0) is 32.3 Å². The molecule has 0 amide bonds. The Labute approximate surface area is 110 Å². The molecule has 0 bridgehead atoms. The highest BCUT2D eigenvalue weighted by Gasteiger charge is 2.24. The van der Waals surface area contributed by atoms with Gasteiger partial charge in [-0.25, -0.2) is 0 Å². The van der Waals surface area contributed by atoms with Gasteiger partial charge >= 0.3 is 0 Å². The van der Waals surface area contributed by atoms with E-state index in [9.17, 15) is 4.79 Å². The number of aryl methyl sites for hydroxylation is 2. The molecule has 0 N–H and O–H groups in total. The van der Waals surface area contributed by atoms with Crippen molar-refractivity contribution < 1.29 is 4.79 Å². The molecule has 1 aliphatic rings. The summed E-state index contributed by atoms with van der Waals surface area (Å²) in [5, 5.41) is 4.48. The van der Waals surface area contributed by atoms with Crippen LogP contribution in [0.2, 0.25) is 0 Å². The molecule has 1 fully saturated rings. The molecule has 0 unspecified atom stereocenters. The van der Waals surface area contributed by atoms with Gasteiger partial charge in [0.05, 0.1) is 5.69 Å². The van der Waals surface area contributed by atoms with Crippen LogP contribution in [0, 0.1) is 5.92 Å². The third kappa shape index (κ3) is 2.82. The van der Waals surface area contributed by atoms with Crippen LogP contribution in [0.15, 0.2) is 6.07 Å². The maximum Gasteiger partial charge on any atom is 0.183 e. The molecule has 2 rings (SSSR count). The number of carbonyl (C=O) groups excluding carboxylic acids is 1. The number of carbonyl (C=O) groups is 1. The zero-order valence-electron chi connectivity index (χ0n) is 11.6. The van der Waals surface area contributed by atoms with Crippen molar-refractivity contribution in [2.45, 2.75) is 65.3 Å². The standard InChI is InChI=1S/C15H24N2O/c1-3-13-11-14(17(4-2)16-13)15(18)12-9-7-5-6-8-10-12/h11-12H,3-10H2,1-2H3. The van der Waals surface area contributed by atoms with Crippen LogP contribution in [0.1, 0.15) is 68.6 Å². The van der Waals surface area contributed by atoms with E-state index in [0.29, 0.717) is 5.78 Å². The molecule has 0 aromatic carbocycles. The lowest BCUT2D eigenvalue weighted by Gasteiger charge is -2.13. The largest absolute Gasteiger partial charge is 0.292 e. The van der Waals surface area contributed by atoms with Gasteiger partial charge in [-0.1, -0.05) is 32.6 Å². The highest BCUT2D eigenvalue weighted by Crippen LogP contribution is 2.26. The molecular formula is C15H24N2O. The zero-order chi connectivity index (χ0) is 13.0. The van der Waals surface area contributed by atoms with Gasteiger partial charge in [-0.15, -0.1) is 0 Å². The number of rotatable bonds is 4. The number of aromatic nitrogens is 2. The highest BCUT2D eigenvalue weighted by molar-refractivity contribution is 5.96. The van der Waals surface area contributed by atoms with Crippen molar-refractivity contribution in [1.29, 1.82) is 0 Å². The fraction of sp³-hybridized carbons (Fsp3) is 0.733. The molecule has 0 atom stereocenters. The minimum absolute atomic E-state index is 0.235. The van der Waals surface area contributed by atoms with Crippen LogP contribution >= 0.6 is 0 Å². The van der Waals surface area contributed by atoms with Crippen LogP contribution in [0.25, 0.3) is 0 Å². The molecule has 0 radical (unpaired) electrons. The van der Waals surface area contributed by atoms with Gasteiger partial charge < -0.3 is 0 Å². The molecule has 1 aromatic heterocycles. The molecular weight excluding hydrogens is 224 g/mol. The van der Waals surface area contributed by atoms with Gasteiger partial charge in [-0.2, -0.15) is 5.10 Å². The van der Waals surface area contributed by atoms with E-state index in [1.54, 1.807) is 0 Å². The number of nitrogens with zero attached hydrogens (tertiary/aromatic N) is 2. The van der Waals surface area contributed by atoms with Crippen molar-refractivity contribution in [1.82, 2.24) is 9.78 Å². The lowest BCUT2D eigenvalue weighted by atomic mass is 9.93. The molecule has 0 spiro atoms. The molecule has 1 heterocycles. The van der Waals surface area contributed by atoms with E-state index in [-0.39, 0.29) is 5.92 Å². The van der Waals surface area contributed by atoms with Crippen molar-refractivity contribution >= 4 is 5.78 Å². The fourth-order valence-corrected chi connectivity index (χ4v) is 2.83. The Bertz CT molecular complexity index is 401. The van der Waals surface area contributed by atoms with Crippen molar-refractivity contribution in [3.05, 3.63) is 17.5 Å². The molecule has 18 heavy (non-hydrogen) atoms. The van der Waals surface area contributed by atoms with E-state index in [1.807, 2.05) is 10.7 Å². The lowest BCUT2D eigenvalue weighted by Crippen LogP contribution is -2.18. The topological polar surface area (TPSA) is 34.9 Å². The summed E-state index contributed by atoms with van der Waals surface area (Å²) in [5.41, 5.74) is 1.87. The maximum atomic E-state index is 12.6. The summed E-state index contributed by atoms with van der Waals surface area (Å²) in [4.78, 5) is 12.6. The molecule has 1 aliphatic carbocycles. The van der Waals surface area contributed by atoms with Gasteiger partial charge in [0.1, 0.15) is 5.69 Å². The van der Waals surface area contributed by atoms with Crippen LogP contribution < -0.4 is 0 Å². The first-order chi connectivity index (χ1) is 8.76. The molecule has 100 valence electrons. The van der Waals surface area contributed by atoms with Crippen LogP contribution in [-0.4, -0.2) is 15.6 Å². The summed E-state index contributed by atoms with van der Waals surface area (Å²) in [7, 11) is 0. The number of ketones is 1. The average Bonchev–Trinajstić information content (AvgIpc) is 2.63. The average molecular weight is 248 g/mol. The van der Waals surface area contributed by atoms with Crippen LogP contribution in [0.4, 0.5) is 0 Å². The molecule has 3 nitrogen and oxygen atoms in total. The van der Waals surface area contributed by atoms with Crippen LogP contribution in [-0.2, 0) is 13.0 Å². The SMILES string of the molecule is CCc1cc(C(=O)C2CCCCCC2)n(CC)n1. The van der Waals surface area contributed by atoms with E-state index in [0.717, 1.165) is 37.2 Å². The van der Waals surface area contributed by atoms with Gasteiger partial charge in [0.15, 0.2) is 5.78 Å². The summed E-state index contributed by atoms with van der Waals surface area (Å²) in [5.74, 6) is 0.560. The monoisotopic (exact) mass is 248 g/mol. The smallest absolute Gasteiger partial charge is 0.183 e. The molecule has 3 heteroatoms. The summed E-state index contributed by atoms with van der Waals surface area (Å²) >= 11 is 0. The van der Waals surface area contributed by atoms with E-state index in [4.69, 9.17) is 0 Å².